The number of halogens is 4. The van der Waals surface area contributed by atoms with E-state index in [-0.39, 0.29) is 4.83 Å². The van der Waals surface area contributed by atoms with Gasteiger partial charge in [-0.1, -0.05) is 77.6 Å². The minimum atomic E-state index is 0.269. The number of benzene rings is 2. The maximum atomic E-state index is 5.95. The second-order valence-corrected chi connectivity index (χ2v) is 7.28. The minimum absolute atomic E-state index is 0.269. The summed E-state index contributed by atoms with van der Waals surface area (Å²) in [5, 5.41) is 0.744. The van der Waals surface area contributed by atoms with Gasteiger partial charge in [0, 0.05) is 18.8 Å². The van der Waals surface area contributed by atoms with Crippen LogP contribution in [0.4, 0.5) is 0 Å². The van der Waals surface area contributed by atoms with E-state index in [9.17, 15) is 0 Å². The van der Waals surface area contributed by atoms with Gasteiger partial charge in [0.1, 0.15) is 0 Å². The third kappa shape index (κ3) is 3.83. The predicted molar refractivity (Wildman–Crippen MR) is 88.7 cm³/mol. The predicted octanol–water partition coefficient (Wildman–Crippen LogP) is 6.54. The van der Waals surface area contributed by atoms with E-state index in [4.69, 9.17) is 11.6 Å². The SMILES string of the molecule is Clc1ccc(C(Br)Cc2ccc(Br)cc2)c(Br)c1. The Morgan fingerprint density at radius 2 is 1.67 bits per heavy atom. The van der Waals surface area contributed by atoms with Gasteiger partial charge in [0.15, 0.2) is 0 Å². The lowest BCUT2D eigenvalue weighted by Gasteiger charge is -2.12. The van der Waals surface area contributed by atoms with Gasteiger partial charge in [0.25, 0.3) is 0 Å². The van der Waals surface area contributed by atoms with Gasteiger partial charge in [-0.3, -0.25) is 0 Å². The molecule has 0 amide bonds. The fourth-order valence-electron chi connectivity index (χ4n) is 1.69. The van der Waals surface area contributed by atoms with Crippen LogP contribution in [0.5, 0.6) is 0 Å². The van der Waals surface area contributed by atoms with E-state index in [1.165, 1.54) is 11.1 Å². The first kappa shape index (κ1) is 14.6. The van der Waals surface area contributed by atoms with Gasteiger partial charge in [0.05, 0.1) is 0 Å². The van der Waals surface area contributed by atoms with Gasteiger partial charge in [-0.05, 0) is 41.8 Å². The molecule has 2 aromatic rings. The maximum Gasteiger partial charge on any atom is 0.0446 e. The smallest absolute Gasteiger partial charge is 0.0446 e. The summed E-state index contributed by atoms with van der Waals surface area (Å²) < 4.78 is 2.14. The lowest BCUT2D eigenvalue weighted by molar-refractivity contribution is 0.943. The van der Waals surface area contributed by atoms with Gasteiger partial charge in [-0.2, -0.15) is 0 Å². The number of hydrogen-bond acceptors (Lipinski definition) is 0. The molecule has 0 bridgehead atoms. The second-order valence-electron chi connectivity index (χ2n) is 3.96. The summed E-state index contributed by atoms with van der Waals surface area (Å²) in [7, 11) is 0. The highest BCUT2D eigenvalue weighted by atomic mass is 79.9. The van der Waals surface area contributed by atoms with Crippen LogP contribution in [-0.4, -0.2) is 0 Å². The zero-order valence-corrected chi connectivity index (χ0v) is 14.9. The highest BCUT2D eigenvalue weighted by molar-refractivity contribution is 9.11. The molecule has 0 fully saturated rings. The summed E-state index contributed by atoms with van der Waals surface area (Å²) in [4.78, 5) is 0.269. The second kappa shape index (κ2) is 6.56. The molecule has 0 heterocycles. The average molecular weight is 453 g/mol. The zero-order chi connectivity index (χ0) is 13.1. The van der Waals surface area contributed by atoms with E-state index in [1.807, 2.05) is 18.2 Å². The van der Waals surface area contributed by atoms with Crippen molar-refractivity contribution in [2.75, 3.05) is 0 Å². The summed E-state index contributed by atoms with van der Waals surface area (Å²) in [6, 6.07) is 14.3. The molecule has 0 saturated carbocycles. The van der Waals surface area contributed by atoms with Crippen LogP contribution in [-0.2, 0) is 6.42 Å². The lowest BCUT2D eigenvalue weighted by atomic mass is 10.0. The Bertz CT molecular complexity index is 537. The van der Waals surface area contributed by atoms with Gasteiger partial charge >= 0.3 is 0 Å². The van der Waals surface area contributed by atoms with Crippen LogP contribution in [0.2, 0.25) is 5.02 Å². The van der Waals surface area contributed by atoms with Crippen LogP contribution in [0.1, 0.15) is 16.0 Å². The molecule has 1 unspecified atom stereocenters. The molecule has 0 saturated heterocycles. The molecule has 0 aliphatic heterocycles. The maximum absolute atomic E-state index is 5.95. The summed E-state index contributed by atoms with van der Waals surface area (Å²) in [5.74, 6) is 0. The largest absolute Gasteiger partial charge is 0.0843 e. The van der Waals surface area contributed by atoms with Crippen molar-refractivity contribution in [3.05, 3.63) is 67.6 Å². The Labute approximate surface area is 137 Å². The zero-order valence-electron chi connectivity index (χ0n) is 9.34. The standard InChI is InChI=1S/C14H10Br3Cl/c15-10-3-1-9(2-4-10)7-13(16)12-6-5-11(18)8-14(12)17/h1-6,8,13H,7H2. The molecule has 4 heteroatoms. The molecule has 0 nitrogen and oxygen atoms in total. The van der Waals surface area contributed by atoms with E-state index in [0.717, 1.165) is 20.4 Å². The van der Waals surface area contributed by atoms with E-state index in [0.29, 0.717) is 0 Å². The van der Waals surface area contributed by atoms with Crippen molar-refractivity contribution in [3.8, 4) is 0 Å². The summed E-state index contributed by atoms with van der Waals surface area (Å²) in [6.07, 6.45) is 0.938. The first-order chi connectivity index (χ1) is 8.56. The first-order valence-corrected chi connectivity index (χ1v) is 8.27. The molecule has 0 spiro atoms. The summed E-state index contributed by atoms with van der Waals surface area (Å²) >= 11 is 16.7. The van der Waals surface area contributed by atoms with E-state index in [2.05, 4.69) is 72.1 Å². The molecule has 2 aromatic carbocycles. The quantitative estimate of drug-likeness (QED) is 0.463. The van der Waals surface area contributed by atoms with Gasteiger partial charge < -0.3 is 0 Å². The monoisotopic (exact) mass is 450 g/mol. The lowest BCUT2D eigenvalue weighted by Crippen LogP contribution is -1.96. The average Bonchev–Trinajstić information content (AvgIpc) is 2.32. The molecule has 94 valence electrons. The van der Waals surface area contributed by atoms with Crippen molar-refractivity contribution < 1.29 is 0 Å². The Kier molecular flexibility index (Phi) is 5.31. The highest BCUT2D eigenvalue weighted by Crippen LogP contribution is 2.34. The molecular weight excluding hydrogens is 443 g/mol. The van der Waals surface area contributed by atoms with Crippen molar-refractivity contribution in [1.29, 1.82) is 0 Å². The Hall–Kier alpha value is 0.170. The molecular formula is C14H10Br3Cl. The van der Waals surface area contributed by atoms with E-state index >= 15 is 0 Å². The number of alkyl halides is 1. The molecule has 2 rings (SSSR count). The Morgan fingerprint density at radius 1 is 1.00 bits per heavy atom. The van der Waals surface area contributed by atoms with Crippen LogP contribution in [0.3, 0.4) is 0 Å². The van der Waals surface area contributed by atoms with Crippen LogP contribution >= 0.6 is 59.4 Å². The fraction of sp³-hybridized carbons (Fsp3) is 0.143. The molecule has 0 aliphatic rings. The summed E-state index contributed by atoms with van der Waals surface area (Å²) in [5.41, 5.74) is 2.50. The molecule has 1 atom stereocenters. The molecule has 0 N–H and O–H groups in total. The molecule has 0 aliphatic carbocycles. The van der Waals surface area contributed by atoms with Crippen molar-refractivity contribution in [1.82, 2.24) is 0 Å². The molecule has 0 radical (unpaired) electrons. The van der Waals surface area contributed by atoms with Crippen molar-refractivity contribution in [2.24, 2.45) is 0 Å². The third-order valence-corrected chi connectivity index (χ3v) is 4.90. The topological polar surface area (TPSA) is 0 Å². The Balaban J connectivity index is 2.16. The Morgan fingerprint density at radius 3 is 2.28 bits per heavy atom. The van der Waals surface area contributed by atoms with Crippen molar-refractivity contribution >= 4 is 59.4 Å². The number of hydrogen-bond donors (Lipinski definition) is 0. The fourth-order valence-corrected chi connectivity index (χ4v) is 4.00. The molecule has 0 aromatic heterocycles. The highest BCUT2D eigenvalue weighted by Gasteiger charge is 2.12. The van der Waals surface area contributed by atoms with Crippen molar-refractivity contribution in [2.45, 2.75) is 11.2 Å². The van der Waals surface area contributed by atoms with Crippen LogP contribution in [0.25, 0.3) is 0 Å². The van der Waals surface area contributed by atoms with Gasteiger partial charge in [0.2, 0.25) is 0 Å². The third-order valence-electron chi connectivity index (χ3n) is 2.63. The van der Waals surface area contributed by atoms with Gasteiger partial charge in [-0.25, -0.2) is 0 Å². The van der Waals surface area contributed by atoms with E-state index < -0.39 is 0 Å². The van der Waals surface area contributed by atoms with Crippen LogP contribution < -0.4 is 0 Å². The van der Waals surface area contributed by atoms with E-state index in [1.54, 1.807) is 0 Å². The summed E-state index contributed by atoms with van der Waals surface area (Å²) in [6.45, 7) is 0. The van der Waals surface area contributed by atoms with Crippen molar-refractivity contribution in [3.63, 3.8) is 0 Å². The van der Waals surface area contributed by atoms with Crippen LogP contribution in [0.15, 0.2) is 51.4 Å². The number of rotatable bonds is 3. The van der Waals surface area contributed by atoms with Gasteiger partial charge in [-0.15, -0.1) is 0 Å². The normalized spacial score (nSPS) is 12.4. The molecule has 18 heavy (non-hydrogen) atoms. The minimum Gasteiger partial charge on any atom is -0.0843 e. The van der Waals surface area contributed by atoms with Crippen LogP contribution in [0, 0.1) is 0 Å². The first-order valence-electron chi connectivity index (χ1n) is 5.40.